The van der Waals surface area contributed by atoms with Crippen LogP contribution in [0, 0.1) is 11.6 Å². The van der Waals surface area contributed by atoms with Gasteiger partial charge in [-0.2, -0.15) is 0 Å². The number of aromatic nitrogens is 2. The summed E-state index contributed by atoms with van der Waals surface area (Å²) >= 11 is 7.13. The van der Waals surface area contributed by atoms with E-state index in [9.17, 15) is 9.59 Å². The summed E-state index contributed by atoms with van der Waals surface area (Å²) < 4.78 is 7.29. The Hall–Kier alpha value is -3.03. The minimum absolute atomic E-state index is 0.235. The van der Waals surface area contributed by atoms with Gasteiger partial charge in [0.25, 0.3) is 5.56 Å². The Balaban J connectivity index is 2.06. The quantitative estimate of drug-likeness (QED) is 0.397. The van der Waals surface area contributed by atoms with Crippen LogP contribution in [0.15, 0.2) is 52.8 Å². The molecule has 1 aromatic carbocycles. The van der Waals surface area contributed by atoms with Crippen molar-refractivity contribution in [1.82, 2.24) is 9.38 Å². The molecule has 0 aliphatic carbocycles. The molecule has 0 fully saturated rings. The molecule has 1 N–H and O–H groups in total. The molecule has 0 unspecified atom stereocenters. The van der Waals surface area contributed by atoms with Crippen molar-refractivity contribution in [2.45, 2.75) is 13.8 Å². The van der Waals surface area contributed by atoms with Crippen LogP contribution < -0.4 is 10.8 Å². The number of hydrogen-bond donors (Lipinski definition) is 1. The Morgan fingerprint density at radius 1 is 1.28 bits per heavy atom. The number of benzene rings is 1. The highest BCUT2D eigenvalue weighted by Gasteiger charge is 2.22. The molecule has 0 amide bonds. The summed E-state index contributed by atoms with van der Waals surface area (Å²) in [5, 5.41) is 2.32. The van der Waals surface area contributed by atoms with Crippen LogP contribution in [0.25, 0.3) is 22.9 Å². The molecule has 4 rings (SSSR count). The molecule has 146 valence electrons. The molecule has 4 aromatic rings. The van der Waals surface area contributed by atoms with E-state index in [2.05, 4.69) is 4.98 Å². The van der Waals surface area contributed by atoms with Gasteiger partial charge >= 0.3 is 5.97 Å². The van der Waals surface area contributed by atoms with Crippen LogP contribution in [0.1, 0.15) is 27.7 Å². The van der Waals surface area contributed by atoms with Gasteiger partial charge in [0, 0.05) is 16.6 Å². The Labute approximate surface area is 175 Å². The van der Waals surface area contributed by atoms with Gasteiger partial charge in [0.2, 0.25) is 0 Å². The maximum absolute atomic E-state index is 12.8. The highest BCUT2D eigenvalue weighted by Crippen LogP contribution is 2.28. The number of carbonyl (C=O) groups is 1. The third kappa shape index (κ3) is 3.54. The van der Waals surface area contributed by atoms with Crippen LogP contribution in [0.2, 0.25) is 0 Å². The lowest BCUT2D eigenvalue weighted by Crippen LogP contribution is -2.30. The van der Waals surface area contributed by atoms with Gasteiger partial charge in [-0.3, -0.25) is 9.20 Å². The molecule has 5 nitrogen and oxygen atoms in total. The maximum atomic E-state index is 12.8. The zero-order chi connectivity index (χ0) is 20.5. The monoisotopic (exact) mass is 422 g/mol. The summed E-state index contributed by atoms with van der Waals surface area (Å²) in [5.41, 5.74) is 2.94. The summed E-state index contributed by atoms with van der Waals surface area (Å²) in [6.45, 7) is 3.98. The van der Waals surface area contributed by atoms with Crippen LogP contribution >= 0.6 is 23.6 Å². The average molecular weight is 423 g/mol. The highest BCUT2D eigenvalue weighted by atomic mass is 32.1. The normalized spacial score (nSPS) is 11.9. The number of aryl methyl sites for hydroxylation is 1. The number of H-pyrrole nitrogens is 1. The van der Waals surface area contributed by atoms with E-state index < -0.39 is 5.97 Å². The molecule has 3 aromatic heterocycles. The topological polar surface area (TPSA) is 63.6 Å². The summed E-state index contributed by atoms with van der Waals surface area (Å²) in [4.78, 5) is 29.3. The zero-order valence-electron chi connectivity index (χ0n) is 15.9. The number of rotatable bonds is 4. The number of nitrogens with one attached hydrogen (secondary N) is 1. The second-order valence-electron chi connectivity index (χ2n) is 6.56. The Morgan fingerprint density at radius 3 is 2.69 bits per heavy atom. The van der Waals surface area contributed by atoms with Gasteiger partial charge in [0.1, 0.15) is 15.9 Å². The largest absolute Gasteiger partial charge is 0.462 e. The third-order valence-corrected chi connectivity index (χ3v) is 5.84. The second kappa shape index (κ2) is 7.77. The fourth-order valence-corrected chi connectivity index (χ4v) is 4.15. The van der Waals surface area contributed by atoms with Crippen molar-refractivity contribution in [2.75, 3.05) is 6.61 Å². The molecule has 0 bridgehead atoms. The molecule has 3 heterocycles. The summed E-state index contributed by atoms with van der Waals surface area (Å²) in [5.74, 6) is -0.495. The SMILES string of the molecule is CCOC(=O)c1c(-c2ccc(C)cc2)cn2c(=S)c(=Cc3cccs3)c(=O)[nH]c12. The maximum Gasteiger partial charge on any atom is 0.342 e. The molecule has 0 aliphatic heterocycles. The van der Waals surface area contributed by atoms with E-state index in [1.165, 1.54) is 11.3 Å². The molecule has 7 heteroatoms. The molecule has 0 aliphatic rings. The Bertz CT molecular complexity index is 1360. The molecule has 0 atom stereocenters. The standard InChI is InChI=1S/C22H18N2O3S2/c1-3-27-22(26)18-17(14-8-6-13(2)7-9-14)12-24-19(18)23-20(25)16(21(24)28)11-15-5-4-10-29-15/h4-12H,3H2,1-2H3,(H,23,25). The minimum atomic E-state index is -0.495. The summed E-state index contributed by atoms with van der Waals surface area (Å²) in [6.07, 6.45) is 3.55. The minimum Gasteiger partial charge on any atom is -0.462 e. The number of carbonyl (C=O) groups excluding carboxylic acids is 1. The first kappa shape index (κ1) is 19.3. The smallest absolute Gasteiger partial charge is 0.342 e. The molecular formula is C22H18N2O3S2. The van der Waals surface area contributed by atoms with Crippen molar-refractivity contribution < 1.29 is 9.53 Å². The number of aromatic amines is 1. The number of ether oxygens (including phenoxy) is 1. The number of hydrogen-bond acceptors (Lipinski definition) is 5. The average Bonchev–Trinajstić information content (AvgIpc) is 3.34. The lowest BCUT2D eigenvalue weighted by Gasteiger charge is -2.05. The summed E-state index contributed by atoms with van der Waals surface area (Å²) in [7, 11) is 0. The van der Waals surface area contributed by atoms with Gasteiger partial charge in [-0.25, -0.2) is 4.79 Å². The van der Waals surface area contributed by atoms with Crippen molar-refractivity contribution in [2.24, 2.45) is 0 Å². The van der Waals surface area contributed by atoms with Gasteiger partial charge < -0.3 is 9.72 Å². The van der Waals surface area contributed by atoms with E-state index in [1.54, 1.807) is 23.6 Å². The lowest BCUT2D eigenvalue weighted by atomic mass is 10.0. The Morgan fingerprint density at radius 2 is 2.03 bits per heavy atom. The van der Waals surface area contributed by atoms with Crippen molar-refractivity contribution in [3.63, 3.8) is 0 Å². The zero-order valence-corrected chi connectivity index (χ0v) is 17.5. The fraction of sp³-hybridized carbons (Fsp3) is 0.136. The molecule has 0 radical (unpaired) electrons. The van der Waals surface area contributed by atoms with Gasteiger partial charge in [-0.15, -0.1) is 11.3 Å². The third-order valence-electron chi connectivity index (χ3n) is 4.60. The Kier molecular flexibility index (Phi) is 5.17. The second-order valence-corrected chi connectivity index (χ2v) is 7.92. The van der Waals surface area contributed by atoms with Gasteiger partial charge in [-0.05, 0) is 36.9 Å². The van der Waals surface area contributed by atoms with Crippen LogP contribution in [0.3, 0.4) is 0 Å². The van der Waals surface area contributed by atoms with E-state index in [0.29, 0.717) is 26.6 Å². The fourth-order valence-electron chi connectivity index (χ4n) is 3.20. The molecule has 0 saturated carbocycles. The van der Waals surface area contributed by atoms with E-state index in [0.717, 1.165) is 16.0 Å². The molecule has 0 saturated heterocycles. The first-order valence-corrected chi connectivity index (χ1v) is 10.4. The van der Waals surface area contributed by atoms with Gasteiger partial charge in [0.15, 0.2) is 0 Å². The number of fused-ring (bicyclic) bond motifs is 1. The molecular weight excluding hydrogens is 404 g/mol. The number of thiophene rings is 1. The van der Waals surface area contributed by atoms with Crippen LogP contribution in [-0.4, -0.2) is 22.0 Å². The van der Waals surface area contributed by atoms with Crippen molar-refractivity contribution in [3.05, 3.63) is 84.2 Å². The highest BCUT2D eigenvalue weighted by molar-refractivity contribution is 7.71. The predicted octanol–water partition coefficient (Wildman–Crippen LogP) is 4.12. The van der Waals surface area contributed by atoms with E-state index in [4.69, 9.17) is 17.0 Å². The molecule has 29 heavy (non-hydrogen) atoms. The first-order valence-electron chi connectivity index (χ1n) is 9.10. The predicted molar refractivity (Wildman–Crippen MR) is 118 cm³/mol. The van der Waals surface area contributed by atoms with E-state index in [1.807, 2.05) is 48.7 Å². The van der Waals surface area contributed by atoms with E-state index in [-0.39, 0.29) is 12.2 Å². The first-order chi connectivity index (χ1) is 14.0. The summed E-state index contributed by atoms with van der Waals surface area (Å²) in [6, 6.07) is 11.6. The molecule has 0 spiro atoms. The van der Waals surface area contributed by atoms with Gasteiger partial charge in [0.05, 0.1) is 11.8 Å². The van der Waals surface area contributed by atoms with Crippen molar-refractivity contribution in [1.29, 1.82) is 0 Å². The van der Waals surface area contributed by atoms with Crippen LogP contribution in [0.4, 0.5) is 0 Å². The number of esters is 1. The van der Waals surface area contributed by atoms with Crippen molar-refractivity contribution in [3.8, 4) is 11.1 Å². The van der Waals surface area contributed by atoms with Crippen molar-refractivity contribution >= 4 is 41.2 Å². The van der Waals surface area contributed by atoms with Crippen LogP contribution in [0.5, 0.6) is 0 Å². The van der Waals surface area contributed by atoms with E-state index >= 15 is 0 Å². The number of nitrogens with zero attached hydrogens (tertiary/aromatic N) is 1. The lowest BCUT2D eigenvalue weighted by molar-refractivity contribution is 0.0529. The van der Waals surface area contributed by atoms with Crippen LogP contribution in [-0.2, 0) is 4.74 Å². The van der Waals surface area contributed by atoms with Gasteiger partial charge in [-0.1, -0.05) is 48.1 Å².